The smallest absolute Gasteiger partial charge is 0.260 e. The molecule has 0 bridgehead atoms. The van der Waals surface area contributed by atoms with Gasteiger partial charge < -0.3 is 0 Å². The first-order chi connectivity index (χ1) is 5.97. The minimum Gasteiger partial charge on any atom is -0.260 e. The Labute approximate surface area is 84.7 Å². The molecule has 5 nitrogen and oxygen atoms in total. The third kappa shape index (κ3) is 4.32. The van der Waals surface area contributed by atoms with Crippen LogP contribution < -0.4 is 9.86 Å². The van der Waals surface area contributed by atoms with Crippen LogP contribution in [0.5, 0.6) is 0 Å². The molecular formula is C6H8BrN3O2S. The van der Waals surface area contributed by atoms with E-state index in [0.29, 0.717) is 5.69 Å². The first kappa shape index (κ1) is 10.6. The van der Waals surface area contributed by atoms with Gasteiger partial charge in [0.1, 0.15) is 0 Å². The van der Waals surface area contributed by atoms with Crippen molar-refractivity contribution in [1.82, 2.24) is 9.71 Å². The molecule has 0 aromatic carbocycles. The van der Waals surface area contributed by atoms with Crippen LogP contribution in [0.1, 0.15) is 5.69 Å². The molecule has 0 saturated carbocycles. The molecule has 7 heteroatoms. The Bertz CT molecular complexity index is 393. The molecule has 0 spiro atoms. The SMILES string of the molecule is NS(=O)(=O)NCc1cc(Br)ccn1. The van der Waals surface area contributed by atoms with Crippen molar-refractivity contribution in [1.29, 1.82) is 0 Å². The Hall–Kier alpha value is -0.500. The predicted molar refractivity (Wildman–Crippen MR) is 51.9 cm³/mol. The van der Waals surface area contributed by atoms with Crippen LogP contribution in [-0.2, 0) is 16.8 Å². The van der Waals surface area contributed by atoms with Crippen molar-refractivity contribution < 1.29 is 8.42 Å². The van der Waals surface area contributed by atoms with Crippen LogP contribution in [0, 0.1) is 0 Å². The number of nitrogens with two attached hydrogens (primary N) is 1. The van der Waals surface area contributed by atoms with E-state index in [2.05, 4.69) is 25.6 Å². The minimum atomic E-state index is -3.64. The van der Waals surface area contributed by atoms with Gasteiger partial charge in [0.2, 0.25) is 0 Å². The van der Waals surface area contributed by atoms with E-state index in [-0.39, 0.29) is 6.54 Å². The number of aromatic nitrogens is 1. The number of hydrogen-bond acceptors (Lipinski definition) is 3. The number of nitrogens with one attached hydrogen (secondary N) is 1. The molecule has 0 fully saturated rings. The molecule has 0 radical (unpaired) electrons. The first-order valence-corrected chi connectivity index (χ1v) is 5.69. The number of hydrogen-bond donors (Lipinski definition) is 2. The topological polar surface area (TPSA) is 85.1 Å². The summed E-state index contributed by atoms with van der Waals surface area (Å²) in [5, 5.41) is 4.74. The molecule has 1 aromatic heterocycles. The molecule has 0 amide bonds. The van der Waals surface area contributed by atoms with Crippen LogP contribution in [-0.4, -0.2) is 13.4 Å². The maximum atomic E-state index is 10.5. The third-order valence-electron chi connectivity index (χ3n) is 1.23. The van der Waals surface area contributed by atoms with Gasteiger partial charge in [-0.1, -0.05) is 15.9 Å². The standard InChI is InChI=1S/C6H8BrN3O2S/c7-5-1-2-9-6(3-5)4-10-13(8,11)12/h1-3,10H,4H2,(H2,8,11,12). The number of rotatable bonds is 3. The molecule has 1 rings (SSSR count). The van der Waals surface area contributed by atoms with E-state index in [0.717, 1.165) is 4.47 Å². The van der Waals surface area contributed by atoms with Gasteiger partial charge >= 0.3 is 0 Å². The molecule has 0 unspecified atom stereocenters. The summed E-state index contributed by atoms with van der Waals surface area (Å²) in [6.45, 7) is 0.0955. The van der Waals surface area contributed by atoms with Crippen molar-refractivity contribution in [2.45, 2.75) is 6.54 Å². The second-order valence-corrected chi connectivity index (χ2v) is 4.63. The summed E-state index contributed by atoms with van der Waals surface area (Å²) in [4.78, 5) is 3.93. The quantitative estimate of drug-likeness (QED) is 0.815. The number of pyridine rings is 1. The Balaban J connectivity index is 2.65. The second kappa shape index (κ2) is 4.14. The minimum absolute atomic E-state index is 0.0955. The van der Waals surface area contributed by atoms with E-state index in [4.69, 9.17) is 5.14 Å². The summed E-state index contributed by atoms with van der Waals surface area (Å²) >= 11 is 3.23. The van der Waals surface area contributed by atoms with Gasteiger partial charge in [-0.2, -0.15) is 13.1 Å². The highest BCUT2D eigenvalue weighted by molar-refractivity contribution is 9.10. The van der Waals surface area contributed by atoms with Gasteiger partial charge in [-0.05, 0) is 12.1 Å². The maximum absolute atomic E-state index is 10.5. The Morgan fingerprint density at radius 1 is 1.62 bits per heavy atom. The van der Waals surface area contributed by atoms with E-state index in [1.807, 2.05) is 0 Å². The van der Waals surface area contributed by atoms with Crippen LogP contribution >= 0.6 is 15.9 Å². The zero-order valence-corrected chi connectivity index (χ0v) is 8.97. The molecule has 0 aliphatic heterocycles. The van der Waals surface area contributed by atoms with Gasteiger partial charge in [-0.3, -0.25) is 4.98 Å². The highest BCUT2D eigenvalue weighted by atomic mass is 79.9. The summed E-state index contributed by atoms with van der Waals surface area (Å²) in [5.41, 5.74) is 0.600. The third-order valence-corrected chi connectivity index (χ3v) is 2.27. The fourth-order valence-corrected chi connectivity index (χ4v) is 1.45. The van der Waals surface area contributed by atoms with Crippen molar-refractivity contribution in [2.75, 3.05) is 0 Å². The van der Waals surface area contributed by atoms with Crippen LogP contribution in [0.2, 0.25) is 0 Å². The van der Waals surface area contributed by atoms with E-state index in [1.54, 1.807) is 18.3 Å². The molecule has 0 atom stereocenters. The van der Waals surface area contributed by atoms with Gasteiger partial charge in [0.15, 0.2) is 0 Å². The van der Waals surface area contributed by atoms with Crippen LogP contribution in [0.15, 0.2) is 22.8 Å². The summed E-state index contributed by atoms with van der Waals surface area (Å²) < 4.78 is 24.0. The average Bonchev–Trinajstić information content (AvgIpc) is 2.00. The fourth-order valence-electron chi connectivity index (χ4n) is 0.720. The lowest BCUT2D eigenvalue weighted by molar-refractivity contribution is 0.582. The van der Waals surface area contributed by atoms with E-state index in [1.165, 1.54) is 0 Å². The normalized spacial score (nSPS) is 11.5. The lowest BCUT2D eigenvalue weighted by Crippen LogP contribution is -2.30. The second-order valence-electron chi connectivity index (χ2n) is 2.33. The predicted octanol–water partition coefficient (Wildman–Crippen LogP) is 0.137. The Morgan fingerprint density at radius 3 is 2.85 bits per heavy atom. The van der Waals surface area contributed by atoms with Crippen molar-refractivity contribution in [2.24, 2.45) is 5.14 Å². The highest BCUT2D eigenvalue weighted by Gasteiger charge is 2.01. The molecule has 72 valence electrons. The number of nitrogens with zero attached hydrogens (tertiary/aromatic N) is 1. The fraction of sp³-hybridized carbons (Fsp3) is 0.167. The first-order valence-electron chi connectivity index (χ1n) is 3.35. The summed E-state index contributed by atoms with van der Waals surface area (Å²) in [5.74, 6) is 0. The van der Waals surface area contributed by atoms with E-state index in [9.17, 15) is 8.42 Å². The van der Waals surface area contributed by atoms with Crippen molar-refractivity contribution >= 4 is 26.1 Å². The van der Waals surface area contributed by atoms with Crippen molar-refractivity contribution in [3.63, 3.8) is 0 Å². The molecule has 13 heavy (non-hydrogen) atoms. The maximum Gasteiger partial charge on any atom is 0.274 e. The van der Waals surface area contributed by atoms with Crippen LogP contribution in [0.4, 0.5) is 0 Å². The molecular weight excluding hydrogens is 258 g/mol. The van der Waals surface area contributed by atoms with Gasteiger partial charge in [-0.15, -0.1) is 0 Å². The van der Waals surface area contributed by atoms with E-state index >= 15 is 0 Å². The summed E-state index contributed by atoms with van der Waals surface area (Å²) in [6, 6.07) is 3.46. The van der Waals surface area contributed by atoms with Gasteiger partial charge in [-0.25, -0.2) is 5.14 Å². The van der Waals surface area contributed by atoms with Gasteiger partial charge in [0.05, 0.1) is 12.2 Å². The van der Waals surface area contributed by atoms with Crippen molar-refractivity contribution in [3.05, 3.63) is 28.5 Å². The lowest BCUT2D eigenvalue weighted by atomic mass is 10.4. The van der Waals surface area contributed by atoms with E-state index < -0.39 is 10.2 Å². The Morgan fingerprint density at radius 2 is 2.31 bits per heavy atom. The highest BCUT2D eigenvalue weighted by Crippen LogP contribution is 2.08. The van der Waals surface area contributed by atoms with Gasteiger partial charge in [0.25, 0.3) is 10.2 Å². The zero-order chi connectivity index (χ0) is 9.90. The monoisotopic (exact) mass is 265 g/mol. The zero-order valence-electron chi connectivity index (χ0n) is 6.57. The van der Waals surface area contributed by atoms with Crippen molar-refractivity contribution in [3.8, 4) is 0 Å². The lowest BCUT2D eigenvalue weighted by Gasteiger charge is -2.01. The molecule has 3 N–H and O–H groups in total. The Kier molecular flexibility index (Phi) is 3.37. The van der Waals surface area contributed by atoms with Crippen LogP contribution in [0.25, 0.3) is 0 Å². The number of halogens is 1. The summed E-state index contributed by atoms with van der Waals surface area (Å²) in [7, 11) is -3.64. The molecule has 1 aromatic rings. The molecule has 0 aliphatic carbocycles. The van der Waals surface area contributed by atoms with Gasteiger partial charge in [0, 0.05) is 10.7 Å². The molecule has 1 heterocycles. The van der Waals surface area contributed by atoms with Crippen LogP contribution in [0.3, 0.4) is 0 Å². The summed E-state index contributed by atoms with van der Waals surface area (Å²) in [6.07, 6.45) is 1.57. The largest absolute Gasteiger partial charge is 0.274 e. The average molecular weight is 266 g/mol. The molecule has 0 aliphatic rings. The molecule has 0 saturated heterocycles.